The summed E-state index contributed by atoms with van der Waals surface area (Å²) in [5.74, 6) is -5.48. The number of benzene rings is 4. The van der Waals surface area contributed by atoms with Gasteiger partial charge in [0.05, 0.1) is 39.6 Å². The lowest BCUT2D eigenvalue weighted by molar-refractivity contribution is -0.131. The summed E-state index contributed by atoms with van der Waals surface area (Å²) < 4.78 is 15.0. The summed E-state index contributed by atoms with van der Waals surface area (Å²) in [4.78, 5) is 59.6. The number of halogens is 3. The van der Waals surface area contributed by atoms with E-state index in [1.165, 1.54) is 17.0 Å². The predicted molar refractivity (Wildman–Crippen MR) is 178 cm³/mol. The molecule has 4 aliphatic rings. The molecule has 0 aromatic heterocycles. The van der Waals surface area contributed by atoms with E-state index in [-0.39, 0.29) is 34.7 Å². The van der Waals surface area contributed by atoms with Gasteiger partial charge in [-0.15, -0.1) is 0 Å². The van der Waals surface area contributed by atoms with Crippen LogP contribution in [0, 0.1) is 34.9 Å². The van der Waals surface area contributed by atoms with Crippen LogP contribution in [0.25, 0.3) is 10.8 Å². The van der Waals surface area contributed by atoms with Crippen molar-refractivity contribution in [2.24, 2.45) is 29.1 Å². The van der Waals surface area contributed by atoms with Crippen molar-refractivity contribution in [1.82, 2.24) is 0 Å². The van der Waals surface area contributed by atoms with Crippen LogP contribution in [0.3, 0.4) is 0 Å². The Bertz CT molecular complexity index is 2100. The van der Waals surface area contributed by atoms with Gasteiger partial charge >= 0.3 is 0 Å². The molecule has 47 heavy (non-hydrogen) atoms. The number of anilines is 2. The monoisotopic (exact) mass is 712 g/mol. The zero-order chi connectivity index (χ0) is 32.9. The fourth-order valence-electron chi connectivity index (χ4n) is 8.63. The Morgan fingerprint density at radius 1 is 0.851 bits per heavy atom. The minimum absolute atomic E-state index is 0.0780. The third kappa shape index (κ3) is 4.15. The molecule has 1 saturated carbocycles. The number of allylic oxidation sites excluding steroid dienone is 2. The molecule has 8 rings (SSSR count). The van der Waals surface area contributed by atoms with E-state index < -0.39 is 52.6 Å². The first kappa shape index (κ1) is 30.0. The van der Waals surface area contributed by atoms with Gasteiger partial charge in [0.25, 0.3) is 0 Å². The maximum Gasteiger partial charge on any atom is 0.241 e. The standard InChI is InChI=1S/C37H27BrClFN2O5/c1-37-27(34(45)42(36(37)47)20-10-14-29(40)28(39)16-20)17-26-24(32(37)23-13-15-30(43)22-5-3-2-4-21(22)23)11-12-25-31(26)35(46)41(33(25)44)19-8-6-18(38)7-9-19/h2-11,13-16,25-27,31-32,43H,12,17H2,1H3/t25-,26+,27-,31-,32-,37+/m0/s1. The van der Waals surface area contributed by atoms with Crippen molar-refractivity contribution in [3.05, 3.63) is 111 Å². The second-order valence-corrected chi connectivity index (χ2v) is 14.3. The summed E-state index contributed by atoms with van der Waals surface area (Å²) in [5, 5.41) is 11.9. The van der Waals surface area contributed by atoms with Crippen LogP contribution in [0.15, 0.2) is 95.0 Å². The van der Waals surface area contributed by atoms with Crippen LogP contribution in [-0.4, -0.2) is 28.7 Å². The molecule has 0 radical (unpaired) electrons. The molecule has 2 saturated heterocycles. The molecule has 3 fully saturated rings. The fraction of sp³-hybridized carbons (Fsp3) is 0.243. The van der Waals surface area contributed by atoms with Crippen molar-refractivity contribution >= 4 is 73.3 Å². The molecule has 0 spiro atoms. The number of carbonyl (C=O) groups is 4. The lowest BCUT2D eigenvalue weighted by Gasteiger charge is -2.49. The molecule has 2 aliphatic heterocycles. The van der Waals surface area contributed by atoms with E-state index in [1.54, 1.807) is 49.4 Å². The van der Waals surface area contributed by atoms with Crippen LogP contribution in [0.5, 0.6) is 5.75 Å². The molecule has 6 atom stereocenters. The Labute approximate surface area is 282 Å². The van der Waals surface area contributed by atoms with E-state index in [0.29, 0.717) is 17.5 Å². The van der Waals surface area contributed by atoms with Gasteiger partial charge in [-0.2, -0.15) is 0 Å². The molecule has 4 amide bonds. The number of phenolic OH excluding ortho intramolecular Hbond substituents is 1. The highest BCUT2D eigenvalue weighted by Crippen LogP contribution is 2.64. The molecular weight excluding hydrogens is 687 g/mol. The van der Waals surface area contributed by atoms with E-state index in [1.807, 2.05) is 24.3 Å². The van der Waals surface area contributed by atoms with E-state index in [9.17, 15) is 28.7 Å². The van der Waals surface area contributed by atoms with Crippen LogP contribution >= 0.6 is 27.5 Å². The topological polar surface area (TPSA) is 95.0 Å². The maximum absolute atomic E-state index is 14.7. The van der Waals surface area contributed by atoms with Crippen LogP contribution in [-0.2, 0) is 19.2 Å². The molecule has 7 nitrogen and oxygen atoms in total. The number of fused-ring (bicyclic) bond motifs is 5. The van der Waals surface area contributed by atoms with E-state index >= 15 is 0 Å². The second kappa shape index (κ2) is 10.6. The largest absolute Gasteiger partial charge is 0.507 e. The van der Waals surface area contributed by atoms with Gasteiger partial charge in [-0.05, 0) is 85.2 Å². The number of rotatable bonds is 3. The summed E-state index contributed by atoms with van der Waals surface area (Å²) in [6.45, 7) is 1.79. The number of nitrogens with zero attached hydrogens (tertiary/aromatic N) is 2. The normalized spacial score (nSPS) is 28.4. The van der Waals surface area contributed by atoms with E-state index in [4.69, 9.17) is 11.6 Å². The third-order valence-electron chi connectivity index (χ3n) is 10.8. The van der Waals surface area contributed by atoms with Gasteiger partial charge < -0.3 is 5.11 Å². The van der Waals surface area contributed by atoms with Crippen molar-refractivity contribution in [1.29, 1.82) is 0 Å². The smallest absolute Gasteiger partial charge is 0.241 e. The number of carbonyl (C=O) groups excluding carboxylic acids is 4. The first-order valence-corrected chi connectivity index (χ1v) is 16.6. The number of hydrogen-bond donors (Lipinski definition) is 1. The zero-order valence-electron chi connectivity index (χ0n) is 25.0. The predicted octanol–water partition coefficient (Wildman–Crippen LogP) is 7.54. The van der Waals surface area contributed by atoms with Crippen LogP contribution in [0.2, 0.25) is 5.02 Å². The SMILES string of the molecule is C[C@@]12C(=O)N(c3ccc(F)c(Cl)c3)C(=O)[C@@H]1C[C@@H]1C(=CC[C@@H]3C(=O)N(c4ccc(Br)cc4)C(=O)[C@@H]31)[C@@H]2c1ccc(O)c2ccccc12. The van der Waals surface area contributed by atoms with Crippen LogP contribution in [0.4, 0.5) is 15.8 Å². The number of amides is 4. The number of imide groups is 2. The average Bonchev–Trinajstić information content (AvgIpc) is 3.43. The first-order valence-electron chi connectivity index (χ1n) is 15.4. The average molecular weight is 714 g/mol. The number of aromatic hydroxyl groups is 1. The molecule has 4 aromatic rings. The molecular formula is C37H27BrClFN2O5. The molecule has 236 valence electrons. The van der Waals surface area contributed by atoms with Crippen LogP contribution < -0.4 is 9.80 Å². The third-order valence-corrected chi connectivity index (χ3v) is 11.6. The van der Waals surface area contributed by atoms with Gasteiger partial charge in [0.1, 0.15) is 11.6 Å². The summed E-state index contributed by atoms with van der Waals surface area (Å²) in [6.07, 6.45) is 2.48. The quantitative estimate of drug-likeness (QED) is 0.175. The highest BCUT2D eigenvalue weighted by Gasteiger charge is 2.67. The highest BCUT2D eigenvalue weighted by molar-refractivity contribution is 9.10. The molecule has 4 aromatic carbocycles. The Morgan fingerprint density at radius 2 is 1.55 bits per heavy atom. The molecule has 2 aliphatic carbocycles. The summed E-state index contributed by atoms with van der Waals surface area (Å²) >= 11 is 9.52. The van der Waals surface area contributed by atoms with Gasteiger partial charge in [-0.25, -0.2) is 9.29 Å². The zero-order valence-corrected chi connectivity index (χ0v) is 27.3. The lowest BCUT2D eigenvalue weighted by atomic mass is 9.51. The fourth-order valence-corrected chi connectivity index (χ4v) is 9.07. The summed E-state index contributed by atoms with van der Waals surface area (Å²) in [7, 11) is 0. The highest BCUT2D eigenvalue weighted by atomic mass is 79.9. The van der Waals surface area contributed by atoms with Crippen molar-refractivity contribution in [2.45, 2.75) is 25.7 Å². The Kier molecular flexibility index (Phi) is 6.76. The maximum atomic E-state index is 14.7. The van der Waals surface area contributed by atoms with Crippen molar-refractivity contribution in [3.63, 3.8) is 0 Å². The summed E-state index contributed by atoms with van der Waals surface area (Å²) in [5.41, 5.74) is 0.915. The van der Waals surface area contributed by atoms with Gasteiger partial charge in [0.15, 0.2) is 0 Å². The van der Waals surface area contributed by atoms with Crippen LogP contribution in [0.1, 0.15) is 31.2 Å². The lowest BCUT2D eigenvalue weighted by Crippen LogP contribution is -2.49. The Balaban J connectivity index is 1.31. The van der Waals surface area contributed by atoms with Gasteiger partial charge in [-0.3, -0.25) is 24.1 Å². The van der Waals surface area contributed by atoms with Gasteiger partial charge in [0.2, 0.25) is 23.6 Å². The van der Waals surface area contributed by atoms with E-state index in [2.05, 4.69) is 15.9 Å². The molecule has 0 unspecified atom stereocenters. The first-order chi connectivity index (χ1) is 22.5. The minimum Gasteiger partial charge on any atom is -0.507 e. The summed E-state index contributed by atoms with van der Waals surface area (Å²) in [6, 6.07) is 21.5. The Morgan fingerprint density at radius 3 is 2.28 bits per heavy atom. The Hall–Kier alpha value is -4.34. The van der Waals surface area contributed by atoms with Crippen molar-refractivity contribution in [2.75, 3.05) is 9.80 Å². The molecule has 10 heteroatoms. The van der Waals surface area contributed by atoms with Crippen molar-refractivity contribution in [3.8, 4) is 5.75 Å². The number of phenols is 1. The van der Waals surface area contributed by atoms with Crippen molar-refractivity contribution < 1.29 is 28.7 Å². The molecule has 2 heterocycles. The minimum atomic E-state index is -1.30. The van der Waals surface area contributed by atoms with E-state index in [0.717, 1.165) is 32.0 Å². The molecule has 1 N–H and O–H groups in total. The number of hydrogen-bond acceptors (Lipinski definition) is 5. The van der Waals surface area contributed by atoms with Gasteiger partial charge in [-0.1, -0.05) is 69.5 Å². The van der Waals surface area contributed by atoms with Gasteiger partial charge in [0, 0.05) is 15.8 Å². The molecule has 0 bridgehead atoms. The second-order valence-electron chi connectivity index (χ2n) is 13.0.